The van der Waals surface area contributed by atoms with Crippen LogP contribution in [0.2, 0.25) is 0 Å². The lowest BCUT2D eigenvalue weighted by Crippen LogP contribution is -2.63. The smallest absolute Gasteiger partial charge is 0.339 e. The maximum absolute atomic E-state index is 13.5. The number of hydrogen-bond donors (Lipinski definition) is 2. The van der Waals surface area contributed by atoms with Gasteiger partial charge in [-0.15, -0.1) is 0 Å². The minimum Gasteiger partial charge on any atom is -0.479 e. The number of fused-ring (bicyclic) bond motifs is 8. The molecule has 39 heavy (non-hydrogen) atoms. The summed E-state index contributed by atoms with van der Waals surface area (Å²) in [5, 5.41) is 27.1. The molecule has 1 aromatic carbocycles. The molecule has 3 saturated carbocycles. The van der Waals surface area contributed by atoms with E-state index in [1.807, 2.05) is 24.7 Å². The summed E-state index contributed by atoms with van der Waals surface area (Å²) >= 11 is 0. The van der Waals surface area contributed by atoms with Crippen LogP contribution in [0.1, 0.15) is 70.6 Å². The average molecular weight is 537 g/mol. The molecule has 4 fully saturated rings. The van der Waals surface area contributed by atoms with Gasteiger partial charge in [0.25, 0.3) is 0 Å². The molecule has 7 rings (SSSR count). The second-order valence-electron chi connectivity index (χ2n) is 13.0. The number of ether oxygens (including phenoxy) is 2. The molecule has 1 aliphatic heterocycles. The summed E-state index contributed by atoms with van der Waals surface area (Å²) in [7, 11) is 0. The number of allylic oxidation sites excluding steroid dienone is 1. The molecular weight excluding hydrogens is 499 g/mol. The summed E-state index contributed by atoms with van der Waals surface area (Å²) in [4.78, 5) is 12.9. The quantitative estimate of drug-likeness (QED) is 0.562. The first-order valence-corrected chi connectivity index (χ1v) is 14.4. The van der Waals surface area contributed by atoms with Crippen molar-refractivity contribution >= 4 is 12.0 Å². The highest BCUT2D eigenvalue weighted by molar-refractivity contribution is 5.81. The lowest BCUT2D eigenvalue weighted by Gasteiger charge is -2.60. The van der Waals surface area contributed by atoms with E-state index in [4.69, 9.17) is 9.47 Å². The lowest BCUT2D eigenvalue weighted by atomic mass is 9.45. The van der Waals surface area contributed by atoms with Gasteiger partial charge in [-0.25, -0.2) is 13.9 Å². The third-order valence-corrected chi connectivity index (χ3v) is 11.1. The highest BCUT2D eigenvalue weighted by atomic mass is 19.1. The van der Waals surface area contributed by atoms with Crippen LogP contribution in [-0.2, 0) is 20.7 Å². The van der Waals surface area contributed by atoms with E-state index in [1.165, 1.54) is 17.7 Å². The van der Waals surface area contributed by atoms with Gasteiger partial charge in [0.2, 0.25) is 0 Å². The molecule has 4 aliphatic carbocycles. The van der Waals surface area contributed by atoms with Gasteiger partial charge in [0, 0.05) is 5.41 Å². The van der Waals surface area contributed by atoms with Crippen LogP contribution in [0.3, 0.4) is 0 Å². The molecule has 2 aromatic rings. The molecule has 7 nitrogen and oxygen atoms in total. The van der Waals surface area contributed by atoms with Gasteiger partial charge in [-0.3, -0.25) is 0 Å². The molecule has 208 valence electrons. The third kappa shape index (κ3) is 3.25. The van der Waals surface area contributed by atoms with Crippen LogP contribution in [0.4, 0.5) is 4.39 Å². The van der Waals surface area contributed by atoms with E-state index in [0.717, 1.165) is 42.6 Å². The molecular formula is C31H37FN2O5. The number of aliphatic hydroxyl groups excluding tert-OH is 1. The predicted octanol–water partition coefficient (Wildman–Crippen LogP) is 5.14. The second kappa shape index (κ2) is 8.48. The highest BCUT2D eigenvalue weighted by Crippen LogP contribution is 2.70. The zero-order chi connectivity index (χ0) is 27.3. The molecule has 0 radical (unpaired) electrons. The van der Waals surface area contributed by atoms with Gasteiger partial charge in [0.05, 0.1) is 23.7 Å². The van der Waals surface area contributed by atoms with Crippen molar-refractivity contribution in [1.82, 2.24) is 9.78 Å². The van der Waals surface area contributed by atoms with E-state index in [-0.39, 0.29) is 29.0 Å². The Balaban J connectivity index is 1.24. The van der Waals surface area contributed by atoms with Crippen molar-refractivity contribution in [2.45, 2.75) is 89.8 Å². The first-order valence-electron chi connectivity index (χ1n) is 14.4. The number of benzene rings is 1. The zero-order valence-corrected chi connectivity index (χ0v) is 22.8. The molecule has 1 aromatic heterocycles. The van der Waals surface area contributed by atoms with Crippen LogP contribution in [0, 0.1) is 34.4 Å². The molecule has 1 unspecified atom stereocenters. The number of carboxylic acid groups (broad SMARTS) is 1. The molecule has 0 spiro atoms. The number of halogens is 1. The third-order valence-electron chi connectivity index (χ3n) is 11.1. The zero-order valence-electron chi connectivity index (χ0n) is 22.8. The van der Waals surface area contributed by atoms with Gasteiger partial charge in [0.15, 0.2) is 11.9 Å². The number of aliphatic carboxylic acids is 1. The lowest BCUT2D eigenvalue weighted by molar-refractivity contribution is -0.212. The van der Waals surface area contributed by atoms with Crippen molar-refractivity contribution in [3.8, 4) is 5.69 Å². The van der Waals surface area contributed by atoms with E-state index in [9.17, 15) is 19.4 Å². The fourth-order valence-corrected chi connectivity index (χ4v) is 9.52. The Morgan fingerprint density at radius 1 is 1.26 bits per heavy atom. The number of nitrogens with zero attached hydrogens (tertiary/aromatic N) is 2. The second-order valence-corrected chi connectivity index (χ2v) is 13.0. The van der Waals surface area contributed by atoms with Crippen molar-refractivity contribution in [3.63, 3.8) is 0 Å². The summed E-state index contributed by atoms with van der Waals surface area (Å²) < 4.78 is 28.0. The van der Waals surface area contributed by atoms with Crippen molar-refractivity contribution in [2.24, 2.45) is 28.6 Å². The summed E-state index contributed by atoms with van der Waals surface area (Å²) in [6, 6.07) is 6.37. The summed E-state index contributed by atoms with van der Waals surface area (Å²) in [5.74, 6) is -0.960. The SMILES string of the molecule is CCCC1O[C@@H]2C[C@H]3[C@@H]4CCC5=Cc6c(cnn6-c6ccc(F)cc6)C[C@]5(C)[C@H]4[C@@H](O)C[C@]3(C)[C@]2(C(=O)O)O1. The summed E-state index contributed by atoms with van der Waals surface area (Å²) in [6.07, 6.45) is 7.58. The van der Waals surface area contributed by atoms with E-state index in [0.29, 0.717) is 19.3 Å². The predicted molar refractivity (Wildman–Crippen MR) is 141 cm³/mol. The van der Waals surface area contributed by atoms with Crippen molar-refractivity contribution < 1.29 is 28.9 Å². The fourth-order valence-electron chi connectivity index (χ4n) is 9.52. The Morgan fingerprint density at radius 2 is 2.03 bits per heavy atom. The van der Waals surface area contributed by atoms with Crippen molar-refractivity contribution in [1.29, 1.82) is 0 Å². The molecule has 0 amide bonds. The number of aliphatic hydroxyl groups is 1. The number of aromatic nitrogens is 2. The minimum absolute atomic E-state index is 0.00834. The van der Waals surface area contributed by atoms with Crippen LogP contribution in [0.5, 0.6) is 0 Å². The average Bonchev–Trinajstić information content (AvgIpc) is 3.53. The molecule has 9 atom stereocenters. The Kier molecular flexibility index (Phi) is 5.53. The molecule has 1 saturated heterocycles. The van der Waals surface area contributed by atoms with E-state index in [1.54, 1.807) is 12.1 Å². The van der Waals surface area contributed by atoms with Crippen molar-refractivity contribution in [3.05, 3.63) is 53.1 Å². The largest absolute Gasteiger partial charge is 0.479 e. The molecule has 0 bridgehead atoms. The van der Waals surface area contributed by atoms with Crippen LogP contribution in [-0.4, -0.2) is 50.1 Å². The topological polar surface area (TPSA) is 93.8 Å². The van der Waals surface area contributed by atoms with E-state index < -0.39 is 35.5 Å². The maximum Gasteiger partial charge on any atom is 0.339 e. The van der Waals surface area contributed by atoms with Gasteiger partial charge in [-0.05, 0) is 97.6 Å². The fraction of sp³-hybridized carbons (Fsp3) is 0.613. The number of rotatable bonds is 4. The highest BCUT2D eigenvalue weighted by Gasteiger charge is 2.76. The Morgan fingerprint density at radius 3 is 2.74 bits per heavy atom. The number of hydrogen-bond acceptors (Lipinski definition) is 5. The Bertz CT molecular complexity index is 1360. The van der Waals surface area contributed by atoms with Crippen LogP contribution in [0.25, 0.3) is 11.8 Å². The first kappa shape index (κ1) is 25.4. The van der Waals surface area contributed by atoms with Crippen LogP contribution < -0.4 is 0 Å². The molecule has 2 N–H and O–H groups in total. The van der Waals surface area contributed by atoms with E-state index >= 15 is 0 Å². The Labute approximate surface area is 228 Å². The van der Waals surface area contributed by atoms with Crippen LogP contribution in [0.15, 0.2) is 36.0 Å². The molecule has 8 heteroatoms. The van der Waals surface area contributed by atoms with Gasteiger partial charge in [-0.2, -0.15) is 5.10 Å². The maximum atomic E-state index is 13.5. The van der Waals surface area contributed by atoms with Gasteiger partial charge in [-0.1, -0.05) is 32.8 Å². The number of carboxylic acids is 1. The normalized spacial score (nSPS) is 42.1. The van der Waals surface area contributed by atoms with E-state index in [2.05, 4.69) is 18.1 Å². The minimum atomic E-state index is -1.42. The summed E-state index contributed by atoms with van der Waals surface area (Å²) in [5.41, 5.74) is 1.88. The first-order chi connectivity index (χ1) is 18.6. The van der Waals surface area contributed by atoms with Gasteiger partial charge >= 0.3 is 5.97 Å². The van der Waals surface area contributed by atoms with Crippen molar-refractivity contribution in [2.75, 3.05) is 0 Å². The van der Waals surface area contributed by atoms with Gasteiger partial charge < -0.3 is 19.7 Å². The molecule has 2 heterocycles. The standard InChI is InChI=1S/C31H37FN2O5/c1-4-5-26-38-25-13-22-21-11-6-18-12-23-17(16-33-34(23)20-9-7-19(32)8-10-20)14-29(18,2)27(21)24(35)15-30(22,3)31(25,39-26)28(36)37/h7-10,12,16,21-22,24-27,35H,4-6,11,13-15H2,1-3H3,(H,36,37)/t21-,22-,24-,25+,26?,27+,29-,30-,31-/m0/s1. The molecule has 5 aliphatic rings. The summed E-state index contributed by atoms with van der Waals surface area (Å²) in [6.45, 7) is 6.34. The Hall–Kier alpha value is -2.55. The van der Waals surface area contributed by atoms with Gasteiger partial charge in [0.1, 0.15) is 11.9 Å². The number of carbonyl (C=O) groups is 1. The van der Waals surface area contributed by atoms with Crippen LogP contribution >= 0.6 is 0 Å². The monoisotopic (exact) mass is 536 g/mol.